The van der Waals surface area contributed by atoms with E-state index < -0.39 is 11.9 Å². The zero-order chi connectivity index (χ0) is 21.2. The Labute approximate surface area is 185 Å². The van der Waals surface area contributed by atoms with Crippen LogP contribution < -0.4 is 10.3 Å². The van der Waals surface area contributed by atoms with E-state index in [-0.39, 0.29) is 16.8 Å². The number of aryl methyl sites for hydroxylation is 2. The number of anilines is 1. The molecule has 0 radical (unpaired) electrons. The molecule has 0 saturated heterocycles. The Morgan fingerprint density at radius 1 is 1.07 bits per heavy atom. The summed E-state index contributed by atoms with van der Waals surface area (Å²) in [7, 11) is 0. The maximum absolute atomic E-state index is 13.6. The molecule has 5 nitrogen and oxygen atoms in total. The smallest absolute Gasteiger partial charge is 0.297 e. The van der Waals surface area contributed by atoms with E-state index >= 15 is 0 Å². The number of benzene rings is 2. The Hall–Kier alpha value is -2.67. The van der Waals surface area contributed by atoms with Crippen molar-refractivity contribution in [2.45, 2.75) is 19.9 Å². The van der Waals surface area contributed by atoms with E-state index in [1.165, 1.54) is 16.2 Å². The third-order valence-electron chi connectivity index (χ3n) is 5.37. The number of hydrogen-bond acceptors (Lipinski definition) is 5. The molecule has 4 aromatic rings. The zero-order valence-electron chi connectivity index (χ0n) is 15.9. The molecule has 2 aromatic heterocycles. The van der Waals surface area contributed by atoms with Gasteiger partial charge in [0.2, 0.25) is 5.76 Å². The highest BCUT2D eigenvalue weighted by molar-refractivity contribution is 7.13. The second-order valence-electron chi connectivity index (χ2n) is 7.17. The summed E-state index contributed by atoms with van der Waals surface area (Å²) < 4.78 is 5.99. The van der Waals surface area contributed by atoms with Gasteiger partial charge in [-0.1, -0.05) is 29.3 Å². The van der Waals surface area contributed by atoms with Crippen LogP contribution in [0, 0.1) is 13.8 Å². The van der Waals surface area contributed by atoms with E-state index in [0.717, 1.165) is 11.1 Å². The highest BCUT2D eigenvalue weighted by Crippen LogP contribution is 2.43. The number of nitrogens with zero attached hydrogens (tertiary/aromatic N) is 2. The molecule has 150 valence electrons. The van der Waals surface area contributed by atoms with E-state index in [1.54, 1.807) is 41.9 Å². The van der Waals surface area contributed by atoms with Crippen molar-refractivity contribution < 1.29 is 9.21 Å². The summed E-state index contributed by atoms with van der Waals surface area (Å²) in [6.07, 6.45) is 1.61. The molecule has 5 rings (SSSR count). The standard InChI is InChI=1S/C22H14Cl2N2O3S/c1-10-7-13-16(8-11(10)2)29-20-17(19(13)27)18(12-3-4-14(23)15(24)9-12)26(21(20)28)22-25-5-6-30-22/h3-9,18H,1-2H3. The van der Waals surface area contributed by atoms with Crippen LogP contribution in [-0.4, -0.2) is 10.9 Å². The van der Waals surface area contributed by atoms with Crippen molar-refractivity contribution in [3.8, 4) is 0 Å². The average Bonchev–Trinajstić information content (AvgIpc) is 3.33. The lowest BCUT2D eigenvalue weighted by atomic mass is 9.97. The predicted octanol–water partition coefficient (Wildman–Crippen LogP) is 5.92. The van der Waals surface area contributed by atoms with Crippen LogP contribution in [0.15, 0.2) is 51.1 Å². The molecule has 3 heterocycles. The van der Waals surface area contributed by atoms with Gasteiger partial charge in [-0.25, -0.2) is 4.98 Å². The van der Waals surface area contributed by atoms with E-state index in [9.17, 15) is 9.59 Å². The van der Waals surface area contributed by atoms with Crippen LogP contribution in [-0.2, 0) is 0 Å². The molecular weight excluding hydrogens is 443 g/mol. The topological polar surface area (TPSA) is 63.4 Å². The number of carbonyl (C=O) groups is 1. The van der Waals surface area contributed by atoms with E-state index in [4.69, 9.17) is 27.6 Å². The fourth-order valence-corrected chi connectivity index (χ4v) is 4.73. The Bertz CT molecular complexity index is 1400. The normalized spacial score (nSPS) is 15.8. The Morgan fingerprint density at radius 2 is 1.83 bits per heavy atom. The summed E-state index contributed by atoms with van der Waals surface area (Å²) in [6.45, 7) is 3.87. The first-order valence-corrected chi connectivity index (χ1v) is 10.8. The molecule has 1 aliphatic heterocycles. The molecule has 0 aliphatic carbocycles. The van der Waals surface area contributed by atoms with Gasteiger partial charge in [0.15, 0.2) is 10.6 Å². The minimum Gasteiger partial charge on any atom is -0.450 e. The van der Waals surface area contributed by atoms with Gasteiger partial charge in [0.1, 0.15) is 5.58 Å². The van der Waals surface area contributed by atoms with E-state index in [0.29, 0.717) is 31.7 Å². The number of hydrogen-bond donors (Lipinski definition) is 0. The summed E-state index contributed by atoms with van der Waals surface area (Å²) >= 11 is 13.6. The van der Waals surface area contributed by atoms with Gasteiger partial charge in [0.25, 0.3) is 5.91 Å². The minimum absolute atomic E-state index is 0.0297. The van der Waals surface area contributed by atoms with Crippen LogP contribution in [0.4, 0.5) is 5.13 Å². The maximum Gasteiger partial charge on any atom is 0.297 e. The zero-order valence-corrected chi connectivity index (χ0v) is 18.2. The molecule has 8 heteroatoms. The van der Waals surface area contributed by atoms with E-state index in [2.05, 4.69) is 4.98 Å². The highest BCUT2D eigenvalue weighted by Gasteiger charge is 2.44. The van der Waals surface area contributed by atoms with Crippen molar-refractivity contribution in [2.24, 2.45) is 0 Å². The van der Waals surface area contributed by atoms with Crippen molar-refractivity contribution >= 4 is 56.5 Å². The van der Waals surface area contributed by atoms with Gasteiger partial charge in [0, 0.05) is 11.6 Å². The number of aromatic nitrogens is 1. The number of rotatable bonds is 2. The van der Waals surface area contributed by atoms with Crippen LogP contribution in [0.2, 0.25) is 10.0 Å². The first-order chi connectivity index (χ1) is 14.4. The minimum atomic E-state index is -0.712. The molecule has 1 aliphatic rings. The summed E-state index contributed by atoms with van der Waals surface area (Å²) in [5, 5.41) is 3.41. The molecule has 1 atom stereocenters. The number of fused-ring (bicyclic) bond motifs is 2. The number of thiazole rings is 1. The monoisotopic (exact) mass is 456 g/mol. The molecule has 0 N–H and O–H groups in total. The SMILES string of the molecule is Cc1cc2oc3c(c(=O)c2cc1C)C(c1ccc(Cl)c(Cl)c1)N(c1nccs1)C3=O. The van der Waals surface area contributed by atoms with Crippen LogP contribution in [0.5, 0.6) is 0 Å². The van der Waals surface area contributed by atoms with Crippen molar-refractivity contribution in [3.63, 3.8) is 0 Å². The number of carbonyl (C=O) groups excluding carboxylic acids is 1. The van der Waals surface area contributed by atoms with Crippen molar-refractivity contribution in [1.82, 2.24) is 4.98 Å². The molecule has 2 aromatic carbocycles. The third kappa shape index (κ3) is 2.79. The summed E-state index contributed by atoms with van der Waals surface area (Å²) in [5.74, 6) is -0.379. The lowest BCUT2D eigenvalue weighted by molar-refractivity contribution is 0.0971. The van der Waals surface area contributed by atoms with Gasteiger partial charge < -0.3 is 4.42 Å². The van der Waals surface area contributed by atoms with Crippen molar-refractivity contribution in [2.75, 3.05) is 4.90 Å². The fourth-order valence-electron chi connectivity index (χ4n) is 3.76. The molecule has 1 unspecified atom stereocenters. The van der Waals surface area contributed by atoms with Gasteiger partial charge in [-0.05, 0) is 54.8 Å². The number of halogens is 2. The predicted molar refractivity (Wildman–Crippen MR) is 119 cm³/mol. The molecule has 0 saturated carbocycles. The van der Waals surface area contributed by atoms with Crippen LogP contribution in [0.25, 0.3) is 11.0 Å². The summed E-state index contributed by atoms with van der Waals surface area (Å²) in [5.41, 5.74) is 3.05. The lowest BCUT2D eigenvalue weighted by Crippen LogP contribution is -2.29. The lowest BCUT2D eigenvalue weighted by Gasteiger charge is -2.22. The summed E-state index contributed by atoms with van der Waals surface area (Å²) in [6, 6.07) is 7.96. The quantitative estimate of drug-likeness (QED) is 0.375. The van der Waals surface area contributed by atoms with Gasteiger partial charge in [-0.3, -0.25) is 14.5 Å². The van der Waals surface area contributed by atoms with Gasteiger partial charge in [-0.2, -0.15) is 0 Å². The van der Waals surface area contributed by atoms with E-state index in [1.807, 2.05) is 13.8 Å². The van der Waals surface area contributed by atoms with Crippen molar-refractivity contribution in [1.29, 1.82) is 0 Å². The largest absolute Gasteiger partial charge is 0.450 e. The number of amides is 1. The van der Waals surface area contributed by atoms with Gasteiger partial charge in [0.05, 0.1) is 27.0 Å². The highest BCUT2D eigenvalue weighted by atomic mass is 35.5. The second kappa shape index (κ2) is 6.94. The van der Waals surface area contributed by atoms with Gasteiger partial charge >= 0.3 is 0 Å². The Kier molecular flexibility index (Phi) is 4.47. The molecule has 30 heavy (non-hydrogen) atoms. The van der Waals surface area contributed by atoms with Gasteiger partial charge in [-0.15, -0.1) is 11.3 Å². The van der Waals surface area contributed by atoms with Crippen LogP contribution in [0.3, 0.4) is 0 Å². The Morgan fingerprint density at radius 3 is 2.53 bits per heavy atom. The molecule has 0 fully saturated rings. The molecular formula is C22H14Cl2N2O3S. The maximum atomic E-state index is 13.6. The van der Waals surface area contributed by atoms with Crippen molar-refractivity contribution in [3.05, 3.63) is 90.2 Å². The third-order valence-corrected chi connectivity index (χ3v) is 6.88. The average molecular weight is 457 g/mol. The Balaban J connectivity index is 1.85. The molecule has 0 bridgehead atoms. The molecule has 0 spiro atoms. The molecule has 1 amide bonds. The first kappa shape index (κ1) is 19.3. The summed E-state index contributed by atoms with van der Waals surface area (Å²) in [4.78, 5) is 32.7. The second-order valence-corrected chi connectivity index (χ2v) is 8.86. The fraction of sp³-hybridized carbons (Fsp3) is 0.136. The van der Waals surface area contributed by atoms with Crippen LogP contribution in [0.1, 0.15) is 38.9 Å². The first-order valence-electron chi connectivity index (χ1n) is 9.12. The van der Waals surface area contributed by atoms with Crippen LogP contribution >= 0.6 is 34.5 Å².